The molecule has 5 nitrogen and oxygen atoms in total. The number of likely N-dealkylation sites (tertiary alicyclic amines) is 1. The van der Waals surface area contributed by atoms with Crippen molar-refractivity contribution in [1.82, 2.24) is 20.0 Å². The molecule has 1 unspecified atom stereocenters. The van der Waals surface area contributed by atoms with Crippen LogP contribution in [0.2, 0.25) is 0 Å². The second-order valence-electron chi connectivity index (χ2n) is 7.24. The van der Waals surface area contributed by atoms with Gasteiger partial charge in [0.15, 0.2) is 0 Å². The number of nitrogens with zero attached hydrogens (tertiary/aromatic N) is 3. The van der Waals surface area contributed by atoms with Gasteiger partial charge in [0.1, 0.15) is 5.82 Å². The second-order valence-corrected chi connectivity index (χ2v) is 7.24. The van der Waals surface area contributed by atoms with Crippen LogP contribution in [0, 0.1) is 19.7 Å². The maximum absolute atomic E-state index is 13.4. The number of carbonyl (C=O) groups excluding carboxylic acids is 1. The lowest BCUT2D eigenvalue weighted by molar-refractivity contribution is 0.0923. The third-order valence-corrected chi connectivity index (χ3v) is 5.45. The minimum absolute atomic E-state index is 0.0525. The predicted octanol–water partition coefficient (Wildman–Crippen LogP) is 3.62. The molecule has 1 amide bonds. The Hall–Kier alpha value is -2.21. The lowest BCUT2D eigenvalue weighted by Gasteiger charge is -2.35. The van der Waals surface area contributed by atoms with Gasteiger partial charge in [-0.1, -0.05) is 18.6 Å². The molecule has 1 fully saturated rings. The fourth-order valence-corrected chi connectivity index (χ4v) is 3.98. The van der Waals surface area contributed by atoms with Crippen molar-refractivity contribution in [3.63, 3.8) is 0 Å². The van der Waals surface area contributed by atoms with Crippen molar-refractivity contribution in [3.05, 3.63) is 52.6 Å². The third kappa shape index (κ3) is 4.38. The van der Waals surface area contributed by atoms with E-state index in [9.17, 15) is 9.18 Å². The number of rotatable bonds is 6. The Balaban J connectivity index is 1.77. The van der Waals surface area contributed by atoms with Gasteiger partial charge in [-0.2, -0.15) is 5.10 Å². The summed E-state index contributed by atoms with van der Waals surface area (Å²) in [4.78, 5) is 15.2. The van der Waals surface area contributed by atoms with E-state index in [1.165, 1.54) is 18.6 Å². The van der Waals surface area contributed by atoms with Crippen molar-refractivity contribution < 1.29 is 9.18 Å². The monoisotopic (exact) mass is 372 g/mol. The van der Waals surface area contributed by atoms with Crippen LogP contribution in [0.5, 0.6) is 0 Å². The summed E-state index contributed by atoms with van der Waals surface area (Å²) in [5.74, 6) is -0.327. The molecule has 2 aromatic rings. The summed E-state index contributed by atoms with van der Waals surface area (Å²) in [6, 6.07) is 6.69. The topological polar surface area (TPSA) is 50.2 Å². The zero-order valence-electron chi connectivity index (χ0n) is 16.5. The molecule has 2 heterocycles. The number of amides is 1. The zero-order valence-corrected chi connectivity index (χ0v) is 16.5. The lowest BCUT2D eigenvalue weighted by atomic mass is 10.0. The van der Waals surface area contributed by atoms with Crippen LogP contribution < -0.4 is 5.32 Å². The van der Waals surface area contributed by atoms with Gasteiger partial charge in [0.2, 0.25) is 0 Å². The normalized spacial score (nSPS) is 16.3. The SMILES string of the molecule is CCn1nc(C)c(C(=O)NCC(c2ccc(F)cc2)N2CCCCC2)c1C. The van der Waals surface area contributed by atoms with Crippen LogP contribution in [0.4, 0.5) is 4.39 Å². The Morgan fingerprint density at radius 1 is 1.19 bits per heavy atom. The molecule has 27 heavy (non-hydrogen) atoms. The first kappa shape index (κ1) is 19.5. The highest BCUT2D eigenvalue weighted by molar-refractivity contribution is 5.96. The standard InChI is InChI=1S/C21H29FN4O/c1-4-26-16(3)20(15(2)24-26)21(27)23-14-19(25-12-6-5-7-13-25)17-8-10-18(22)11-9-17/h8-11,19H,4-7,12-14H2,1-3H3,(H,23,27). The van der Waals surface area contributed by atoms with Crippen LogP contribution in [0.25, 0.3) is 0 Å². The molecule has 1 aliphatic rings. The summed E-state index contributed by atoms with van der Waals surface area (Å²) in [5, 5.41) is 7.54. The van der Waals surface area contributed by atoms with Crippen LogP contribution in [-0.2, 0) is 6.54 Å². The van der Waals surface area contributed by atoms with E-state index >= 15 is 0 Å². The van der Waals surface area contributed by atoms with E-state index in [0.29, 0.717) is 12.1 Å². The Bertz CT molecular complexity index is 778. The minimum Gasteiger partial charge on any atom is -0.350 e. The molecule has 0 bridgehead atoms. The van der Waals surface area contributed by atoms with E-state index in [0.717, 1.165) is 49.4 Å². The van der Waals surface area contributed by atoms with Crippen molar-refractivity contribution in [2.24, 2.45) is 0 Å². The van der Waals surface area contributed by atoms with Crippen molar-refractivity contribution in [3.8, 4) is 0 Å². The minimum atomic E-state index is -0.238. The predicted molar refractivity (Wildman–Crippen MR) is 104 cm³/mol. The first-order valence-electron chi connectivity index (χ1n) is 9.83. The Kier molecular flexibility index (Phi) is 6.26. The summed E-state index contributed by atoms with van der Waals surface area (Å²) in [6.45, 7) is 9.07. The molecule has 1 saturated heterocycles. The number of carbonyl (C=O) groups is 1. The molecule has 146 valence electrons. The van der Waals surface area contributed by atoms with Crippen molar-refractivity contribution >= 4 is 5.91 Å². The van der Waals surface area contributed by atoms with E-state index in [-0.39, 0.29) is 17.8 Å². The average Bonchev–Trinajstić information content (AvgIpc) is 2.97. The molecular weight excluding hydrogens is 343 g/mol. The van der Waals surface area contributed by atoms with Gasteiger partial charge in [-0.05, 0) is 64.4 Å². The molecule has 1 atom stereocenters. The van der Waals surface area contributed by atoms with E-state index in [4.69, 9.17) is 0 Å². The maximum Gasteiger partial charge on any atom is 0.255 e. The number of aryl methyl sites for hydroxylation is 2. The van der Waals surface area contributed by atoms with Crippen LogP contribution in [0.1, 0.15) is 59.5 Å². The van der Waals surface area contributed by atoms with E-state index in [1.807, 2.05) is 37.6 Å². The molecule has 6 heteroatoms. The number of hydrogen-bond acceptors (Lipinski definition) is 3. The fourth-order valence-electron chi connectivity index (χ4n) is 3.98. The van der Waals surface area contributed by atoms with Gasteiger partial charge in [-0.3, -0.25) is 14.4 Å². The number of piperidine rings is 1. The van der Waals surface area contributed by atoms with Crippen molar-refractivity contribution in [2.45, 2.75) is 52.6 Å². The van der Waals surface area contributed by atoms with Crippen LogP contribution in [0.3, 0.4) is 0 Å². The van der Waals surface area contributed by atoms with Gasteiger partial charge < -0.3 is 5.32 Å². The molecule has 1 aliphatic heterocycles. The van der Waals surface area contributed by atoms with Gasteiger partial charge >= 0.3 is 0 Å². The molecule has 1 aromatic carbocycles. The quantitative estimate of drug-likeness (QED) is 0.843. The van der Waals surface area contributed by atoms with Crippen LogP contribution >= 0.6 is 0 Å². The van der Waals surface area contributed by atoms with Crippen molar-refractivity contribution in [1.29, 1.82) is 0 Å². The van der Waals surface area contributed by atoms with E-state index in [1.54, 1.807) is 0 Å². The summed E-state index contributed by atoms with van der Waals surface area (Å²) < 4.78 is 15.2. The molecule has 0 aliphatic carbocycles. The lowest BCUT2D eigenvalue weighted by Crippen LogP contribution is -2.40. The Morgan fingerprint density at radius 3 is 2.44 bits per heavy atom. The molecule has 1 aromatic heterocycles. The molecule has 1 N–H and O–H groups in total. The number of halogens is 1. The number of benzene rings is 1. The highest BCUT2D eigenvalue weighted by Gasteiger charge is 2.24. The maximum atomic E-state index is 13.4. The smallest absolute Gasteiger partial charge is 0.255 e. The van der Waals surface area contributed by atoms with Gasteiger partial charge in [0.05, 0.1) is 17.3 Å². The fraction of sp³-hybridized carbons (Fsp3) is 0.524. The Labute approximate surface area is 160 Å². The number of nitrogens with one attached hydrogen (secondary N) is 1. The zero-order chi connectivity index (χ0) is 19.4. The molecule has 0 saturated carbocycles. The van der Waals surface area contributed by atoms with Gasteiger partial charge in [0.25, 0.3) is 5.91 Å². The van der Waals surface area contributed by atoms with Crippen molar-refractivity contribution in [2.75, 3.05) is 19.6 Å². The number of hydrogen-bond donors (Lipinski definition) is 1. The molecule has 3 rings (SSSR count). The summed E-state index contributed by atoms with van der Waals surface area (Å²) in [6.07, 6.45) is 3.56. The third-order valence-electron chi connectivity index (χ3n) is 5.45. The first-order valence-corrected chi connectivity index (χ1v) is 9.83. The molecule has 0 radical (unpaired) electrons. The number of aromatic nitrogens is 2. The average molecular weight is 372 g/mol. The summed E-state index contributed by atoms with van der Waals surface area (Å²) in [7, 11) is 0. The van der Waals surface area contributed by atoms with Crippen LogP contribution in [-0.4, -0.2) is 40.2 Å². The summed E-state index contributed by atoms with van der Waals surface area (Å²) in [5.41, 5.74) is 3.34. The van der Waals surface area contributed by atoms with Gasteiger partial charge in [0, 0.05) is 18.8 Å². The molecular formula is C21H29FN4O. The highest BCUT2D eigenvalue weighted by atomic mass is 19.1. The molecule has 0 spiro atoms. The van der Waals surface area contributed by atoms with E-state index in [2.05, 4.69) is 15.3 Å². The Morgan fingerprint density at radius 2 is 1.85 bits per heavy atom. The highest BCUT2D eigenvalue weighted by Crippen LogP contribution is 2.25. The second kappa shape index (κ2) is 8.65. The van der Waals surface area contributed by atoms with Gasteiger partial charge in [-0.15, -0.1) is 0 Å². The summed E-state index contributed by atoms with van der Waals surface area (Å²) >= 11 is 0. The van der Waals surface area contributed by atoms with Crippen LogP contribution in [0.15, 0.2) is 24.3 Å². The van der Waals surface area contributed by atoms with Gasteiger partial charge in [-0.25, -0.2) is 4.39 Å². The van der Waals surface area contributed by atoms with E-state index < -0.39 is 0 Å². The largest absolute Gasteiger partial charge is 0.350 e. The first-order chi connectivity index (χ1) is 13.0.